The zero-order chi connectivity index (χ0) is 35.7. The molecule has 0 bridgehead atoms. The number of ether oxygens (including phenoxy) is 3. The van der Waals surface area contributed by atoms with Gasteiger partial charge in [0.25, 0.3) is 0 Å². The number of methoxy groups -OCH3 is 2. The lowest BCUT2D eigenvalue weighted by Crippen LogP contribution is -2.46. The maximum Gasteiger partial charge on any atom is 0.414 e. The number of carbonyl (C=O) groups is 1. The Labute approximate surface area is 284 Å². The second-order valence-electron chi connectivity index (χ2n) is 15.0. The molecule has 0 aliphatic carbocycles. The van der Waals surface area contributed by atoms with Crippen LogP contribution in [0.2, 0.25) is 18.1 Å². The van der Waals surface area contributed by atoms with E-state index in [9.17, 15) is 15.2 Å². The molecule has 1 amide bonds. The molecule has 3 heterocycles. The molecule has 0 saturated carbocycles. The Balaban J connectivity index is 1.75. The van der Waals surface area contributed by atoms with Gasteiger partial charge in [-0.1, -0.05) is 27.7 Å². The van der Waals surface area contributed by atoms with Crippen molar-refractivity contribution < 1.29 is 28.5 Å². The van der Waals surface area contributed by atoms with Gasteiger partial charge in [-0.25, -0.2) is 19.4 Å². The number of carbonyl (C=O) groups excluding carboxylic acids is 1. The molecule has 2 aromatic heterocycles. The van der Waals surface area contributed by atoms with Gasteiger partial charge in [0, 0.05) is 37.4 Å². The topological polar surface area (TPSA) is 157 Å². The third-order valence-electron chi connectivity index (χ3n) is 8.75. The molecule has 260 valence electrons. The number of amides is 1. The van der Waals surface area contributed by atoms with Crippen molar-refractivity contribution in [3.05, 3.63) is 41.7 Å². The van der Waals surface area contributed by atoms with E-state index in [2.05, 4.69) is 62.3 Å². The Morgan fingerprint density at radius 3 is 2.52 bits per heavy atom. The van der Waals surface area contributed by atoms with E-state index in [-0.39, 0.29) is 24.1 Å². The van der Waals surface area contributed by atoms with Crippen LogP contribution in [0.25, 0.3) is 11.3 Å². The number of aliphatic hydroxyl groups excluding tert-OH is 1. The number of fused-ring (bicyclic) bond motifs is 1. The minimum atomic E-state index is -2.16. The summed E-state index contributed by atoms with van der Waals surface area (Å²) in [6, 6.07) is 7.80. The van der Waals surface area contributed by atoms with Crippen molar-refractivity contribution in [2.45, 2.75) is 90.3 Å². The van der Waals surface area contributed by atoms with E-state index in [1.54, 1.807) is 29.4 Å². The molecule has 48 heavy (non-hydrogen) atoms. The van der Waals surface area contributed by atoms with Gasteiger partial charge in [0.15, 0.2) is 8.32 Å². The van der Waals surface area contributed by atoms with Crippen LogP contribution in [0.5, 0.6) is 5.88 Å². The zero-order valence-corrected chi connectivity index (χ0v) is 31.0. The van der Waals surface area contributed by atoms with E-state index in [0.717, 1.165) is 5.56 Å². The molecule has 4 rings (SSSR count). The first-order chi connectivity index (χ1) is 22.3. The molecule has 0 radical (unpaired) electrons. The van der Waals surface area contributed by atoms with Gasteiger partial charge >= 0.3 is 6.09 Å². The third-order valence-corrected chi connectivity index (χ3v) is 13.2. The second kappa shape index (κ2) is 13.8. The van der Waals surface area contributed by atoms with Crippen molar-refractivity contribution in [2.24, 2.45) is 0 Å². The van der Waals surface area contributed by atoms with Crippen molar-refractivity contribution >= 4 is 31.7 Å². The Morgan fingerprint density at radius 1 is 1.21 bits per heavy atom. The highest BCUT2D eigenvalue weighted by Gasteiger charge is 2.47. The number of aromatic nitrogens is 4. The highest BCUT2D eigenvalue weighted by molar-refractivity contribution is 6.74. The van der Waals surface area contributed by atoms with Gasteiger partial charge in [0.1, 0.15) is 17.4 Å². The maximum absolute atomic E-state index is 13.6. The summed E-state index contributed by atoms with van der Waals surface area (Å²) in [6.45, 7) is 19.5. The number of benzene rings is 1. The summed E-state index contributed by atoms with van der Waals surface area (Å²) in [4.78, 5) is 24.3. The third kappa shape index (κ3) is 7.98. The monoisotopic (exact) mass is 679 g/mol. The van der Waals surface area contributed by atoms with Crippen molar-refractivity contribution in [1.82, 2.24) is 19.7 Å². The molecule has 1 aliphatic rings. The van der Waals surface area contributed by atoms with Crippen molar-refractivity contribution in [3.8, 4) is 23.2 Å². The average Bonchev–Trinajstić information content (AvgIpc) is 3.52. The van der Waals surface area contributed by atoms with Crippen LogP contribution in [0.1, 0.15) is 59.6 Å². The molecule has 2 N–H and O–H groups in total. The fourth-order valence-corrected chi connectivity index (χ4v) is 6.35. The van der Waals surface area contributed by atoms with Crippen molar-refractivity contribution in [1.29, 1.82) is 5.26 Å². The number of nitrogens with one attached hydrogen (secondary N) is 1. The Morgan fingerprint density at radius 2 is 1.92 bits per heavy atom. The highest BCUT2D eigenvalue weighted by Crippen LogP contribution is 2.47. The summed E-state index contributed by atoms with van der Waals surface area (Å²) in [7, 11) is 0.871. The summed E-state index contributed by atoms with van der Waals surface area (Å²) < 4.78 is 24.6. The fraction of sp³-hybridized carbons (Fsp3) is 0.559. The fourth-order valence-electron chi connectivity index (χ4n) is 5.23. The van der Waals surface area contributed by atoms with Crippen LogP contribution in [0.15, 0.2) is 30.6 Å². The quantitative estimate of drug-likeness (QED) is 0.229. The summed E-state index contributed by atoms with van der Waals surface area (Å²) in [6.07, 6.45) is 1.91. The van der Waals surface area contributed by atoms with E-state index in [4.69, 9.17) is 23.6 Å². The number of hydrogen-bond donors (Lipinski definition) is 2. The van der Waals surface area contributed by atoms with Crippen molar-refractivity contribution in [3.63, 3.8) is 0 Å². The van der Waals surface area contributed by atoms with E-state index in [1.165, 1.54) is 18.9 Å². The van der Waals surface area contributed by atoms with Crippen LogP contribution in [0, 0.1) is 11.3 Å². The molecule has 14 heteroatoms. The molecule has 1 aromatic carbocycles. The molecule has 0 unspecified atom stereocenters. The largest absolute Gasteiger partial charge is 0.480 e. The SMILES string of the molecule is COC[C@H](O)Cn1ncc(Nc2nccc(-c3cc(C#N)c4c(c3)[C@@](C)(CO[Si](C)(C)C(C)(C)C)CN4C(=O)OC(C)(C)C)n2)c1OC. The van der Waals surface area contributed by atoms with E-state index < -0.39 is 31.5 Å². The maximum atomic E-state index is 13.6. The standard InChI is InChI=1S/C34H49N7O6Si/c1-32(2,3)47-31(43)40-20-34(7,21-46-48(10,11)33(4,5)6)25-15-22(14-23(16-35)28(25)40)26-12-13-36-30(38-26)39-27-17-37-41(29(27)45-9)18-24(42)19-44-8/h12-15,17,24,42H,18-21H2,1-11H3,(H,36,38,39)/t24-,34-/m1/s1. The van der Waals surface area contributed by atoms with Gasteiger partial charge in [-0.15, -0.1) is 0 Å². The minimum Gasteiger partial charge on any atom is -0.480 e. The summed E-state index contributed by atoms with van der Waals surface area (Å²) >= 11 is 0. The van der Waals surface area contributed by atoms with Crippen LogP contribution in [0.3, 0.4) is 0 Å². The minimum absolute atomic E-state index is 0.0113. The highest BCUT2D eigenvalue weighted by atomic mass is 28.4. The second-order valence-corrected chi connectivity index (χ2v) is 19.8. The first kappa shape index (κ1) is 36.8. The molecule has 13 nitrogen and oxygen atoms in total. The lowest BCUT2D eigenvalue weighted by atomic mass is 9.83. The van der Waals surface area contributed by atoms with Gasteiger partial charge in [0.2, 0.25) is 11.8 Å². The molecule has 2 atom stereocenters. The van der Waals surface area contributed by atoms with E-state index in [0.29, 0.717) is 47.2 Å². The lowest BCUT2D eigenvalue weighted by Gasteiger charge is -2.39. The molecule has 3 aromatic rings. The van der Waals surface area contributed by atoms with Crippen LogP contribution >= 0.6 is 0 Å². The summed E-state index contributed by atoms with van der Waals surface area (Å²) in [5, 5.41) is 28.1. The van der Waals surface area contributed by atoms with Gasteiger partial charge in [-0.05, 0) is 62.7 Å². The predicted molar refractivity (Wildman–Crippen MR) is 186 cm³/mol. The molecule has 0 spiro atoms. The normalized spacial score (nSPS) is 17.1. The van der Waals surface area contributed by atoms with Crippen LogP contribution in [-0.2, 0) is 25.9 Å². The van der Waals surface area contributed by atoms with E-state index in [1.807, 2.05) is 26.8 Å². The summed E-state index contributed by atoms with van der Waals surface area (Å²) in [5.41, 5.74) is 2.08. The Hall–Kier alpha value is -4.03. The number of nitriles is 1. The number of hydrogen-bond acceptors (Lipinski definition) is 11. The average molecular weight is 680 g/mol. The molecular formula is C34H49N7O6Si. The van der Waals surface area contributed by atoms with E-state index >= 15 is 0 Å². The van der Waals surface area contributed by atoms with Gasteiger partial charge in [-0.3, -0.25) is 4.90 Å². The lowest BCUT2D eigenvalue weighted by molar-refractivity contribution is 0.0498. The predicted octanol–water partition coefficient (Wildman–Crippen LogP) is 6.01. The van der Waals surface area contributed by atoms with Gasteiger partial charge in [-0.2, -0.15) is 10.4 Å². The Bertz CT molecular complexity index is 1670. The zero-order valence-electron chi connectivity index (χ0n) is 30.0. The van der Waals surface area contributed by atoms with Crippen LogP contribution in [0.4, 0.5) is 22.1 Å². The Kier molecular flexibility index (Phi) is 10.6. The summed E-state index contributed by atoms with van der Waals surface area (Å²) in [5.74, 6) is 0.671. The number of nitrogens with zero attached hydrogens (tertiary/aromatic N) is 6. The van der Waals surface area contributed by atoms with Gasteiger partial charge < -0.3 is 29.1 Å². The first-order valence-corrected chi connectivity index (χ1v) is 18.8. The number of rotatable bonds is 11. The van der Waals surface area contributed by atoms with Gasteiger partial charge in [0.05, 0.1) is 49.5 Å². The number of aliphatic hydroxyl groups is 1. The molecule has 0 saturated heterocycles. The molecular weight excluding hydrogens is 631 g/mol. The molecule has 1 aliphatic heterocycles. The first-order valence-electron chi connectivity index (χ1n) is 15.9. The van der Waals surface area contributed by atoms with Crippen LogP contribution < -0.4 is 15.0 Å². The van der Waals surface area contributed by atoms with Crippen LogP contribution in [-0.4, -0.2) is 84.9 Å². The molecule has 0 fully saturated rings. The smallest absolute Gasteiger partial charge is 0.414 e. The van der Waals surface area contributed by atoms with Crippen molar-refractivity contribution in [2.75, 3.05) is 44.2 Å². The number of anilines is 3.